The Hall–Kier alpha value is -3.09. The van der Waals surface area contributed by atoms with E-state index >= 15 is 0 Å². The van der Waals surface area contributed by atoms with E-state index < -0.39 is 28.5 Å². The average molecular weight is 539 g/mol. The third kappa shape index (κ3) is 5.21. The summed E-state index contributed by atoms with van der Waals surface area (Å²) in [5.74, 6) is -0.142. The molecule has 12 heteroatoms. The first-order chi connectivity index (χ1) is 15.3. The van der Waals surface area contributed by atoms with Crippen molar-refractivity contribution in [1.29, 1.82) is 0 Å². The lowest BCUT2D eigenvalue weighted by Gasteiger charge is -2.09. The van der Waals surface area contributed by atoms with Crippen molar-refractivity contribution in [2.75, 3.05) is 23.4 Å². The minimum atomic E-state index is -3.73. The van der Waals surface area contributed by atoms with Crippen molar-refractivity contribution < 1.29 is 32.2 Å². The van der Waals surface area contributed by atoms with E-state index in [0.717, 1.165) is 11.3 Å². The number of fused-ring (bicyclic) bond motifs is 1. The summed E-state index contributed by atoms with van der Waals surface area (Å²) in [6.45, 7) is -0.370. The lowest BCUT2D eigenvalue weighted by atomic mass is 10.2. The number of esters is 1. The van der Waals surface area contributed by atoms with Crippen LogP contribution in [0.3, 0.4) is 0 Å². The monoisotopic (exact) mass is 538 g/mol. The van der Waals surface area contributed by atoms with E-state index in [2.05, 4.69) is 26.0 Å². The highest BCUT2D eigenvalue weighted by Gasteiger charge is 2.18. The van der Waals surface area contributed by atoms with Gasteiger partial charge in [0.2, 0.25) is 6.79 Å². The van der Waals surface area contributed by atoms with Crippen molar-refractivity contribution in [1.82, 2.24) is 0 Å². The minimum absolute atomic E-state index is 0.121. The zero-order valence-corrected chi connectivity index (χ0v) is 19.4. The van der Waals surface area contributed by atoms with Crippen molar-refractivity contribution in [3.63, 3.8) is 0 Å². The maximum absolute atomic E-state index is 12.4. The van der Waals surface area contributed by atoms with E-state index in [-0.39, 0.29) is 22.3 Å². The molecule has 0 saturated carbocycles. The summed E-state index contributed by atoms with van der Waals surface area (Å²) in [6, 6.07) is 13.7. The molecule has 1 aliphatic heterocycles. The van der Waals surface area contributed by atoms with Crippen LogP contribution in [0.2, 0.25) is 0 Å². The normalized spacial score (nSPS) is 12.3. The maximum atomic E-state index is 12.4. The standard InChI is InChI=1S/C20H15BrN2O7S2/c21-17-7-8-19(31-17)32(26,27)23-13-3-1-12(2-4-13)20(25)28-10-18(24)22-14-5-6-15-16(9-14)30-11-29-15/h1-9,23H,10-11H2,(H,22,24). The molecule has 3 aromatic rings. The molecule has 0 saturated heterocycles. The Labute approximate surface area is 195 Å². The zero-order chi connectivity index (χ0) is 22.7. The number of thiophene rings is 1. The van der Waals surface area contributed by atoms with Crippen LogP contribution in [0, 0.1) is 0 Å². The molecule has 0 radical (unpaired) electrons. The average Bonchev–Trinajstić information content (AvgIpc) is 3.41. The number of hydrogen-bond acceptors (Lipinski definition) is 8. The molecule has 1 amide bonds. The molecule has 2 heterocycles. The van der Waals surface area contributed by atoms with Gasteiger partial charge in [0.05, 0.1) is 9.35 Å². The van der Waals surface area contributed by atoms with Gasteiger partial charge < -0.3 is 19.5 Å². The van der Waals surface area contributed by atoms with Gasteiger partial charge >= 0.3 is 5.97 Å². The number of ether oxygens (including phenoxy) is 3. The second-order valence-corrected chi connectivity index (χ2v) is 10.8. The van der Waals surface area contributed by atoms with E-state index in [1.54, 1.807) is 24.3 Å². The van der Waals surface area contributed by atoms with Crippen LogP contribution >= 0.6 is 27.3 Å². The van der Waals surface area contributed by atoms with Crippen LogP contribution < -0.4 is 19.5 Å². The van der Waals surface area contributed by atoms with Gasteiger partial charge in [-0.25, -0.2) is 13.2 Å². The van der Waals surface area contributed by atoms with Gasteiger partial charge in [0.1, 0.15) is 4.21 Å². The number of amides is 1. The minimum Gasteiger partial charge on any atom is -0.454 e. The van der Waals surface area contributed by atoms with Crippen molar-refractivity contribution in [3.05, 3.63) is 63.9 Å². The maximum Gasteiger partial charge on any atom is 0.338 e. The molecule has 0 fully saturated rings. The lowest BCUT2D eigenvalue weighted by molar-refractivity contribution is -0.119. The second-order valence-electron chi connectivity index (χ2n) is 6.43. The number of hydrogen-bond donors (Lipinski definition) is 2. The number of carbonyl (C=O) groups is 2. The van der Waals surface area contributed by atoms with Gasteiger partial charge in [-0.05, 0) is 64.5 Å². The number of benzene rings is 2. The van der Waals surface area contributed by atoms with Crippen molar-refractivity contribution in [2.45, 2.75) is 4.21 Å². The van der Waals surface area contributed by atoms with Gasteiger partial charge in [0, 0.05) is 17.4 Å². The highest BCUT2D eigenvalue weighted by atomic mass is 79.9. The molecule has 9 nitrogen and oxygen atoms in total. The number of anilines is 2. The van der Waals surface area contributed by atoms with Gasteiger partial charge in [-0.3, -0.25) is 9.52 Å². The molecule has 0 spiro atoms. The molecule has 2 N–H and O–H groups in total. The third-order valence-corrected chi connectivity index (χ3v) is 7.67. The number of rotatable bonds is 7. The molecule has 2 aromatic carbocycles. The Morgan fingerprint density at radius 1 is 1.00 bits per heavy atom. The molecule has 0 unspecified atom stereocenters. The molecular formula is C20H15BrN2O7S2. The Morgan fingerprint density at radius 2 is 1.72 bits per heavy atom. The van der Waals surface area contributed by atoms with Gasteiger partial charge in [-0.1, -0.05) is 0 Å². The van der Waals surface area contributed by atoms with Crippen LogP contribution in [0.25, 0.3) is 0 Å². The Bertz CT molecular complexity index is 1270. The molecule has 32 heavy (non-hydrogen) atoms. The second kappa shape index (κ2) is 9.18. The fourth-order valence-electron chi connectivity index (χ4n) is 2.71. The summed E-state index contributed by atoms with van der Waals surface area (Å²) in [4.78, 5) is 24.3. The molecule has 0 aliphatic carbocycles. The quantitative estimate of drug-likeness (QED) is 0.438. The summed E-state index contributed by atoms with van der Waals surface area (Å²) in [5, 5.41) is 2.60. The molecule has 166 valence electrons. The smallest absolute Gasteiger partial charge is 0.338 e. The molecule has 4 rings (SSSR count). The molecule has 0 atom stereocenters. The summed E-state index contributed by atoms with van der Waals surface area (Å²) in [7, 11) is -3.73. The Morgan fingerprint density at radius 3 is 2.44 bits per heavy atom. The van der Waals surface area contributed by atoms with Gasteiger partial charge in [-0.15, -0.1) is 11.3 Å². The zero-order valence-electron chi connectivity index (χ0n) is 16.2. The van der Waals surface area contributed by atoms with Crippen LogP contribution in [0.1, 0.15) is 10.4 Å². The number of nitrogens with one attached hydrogen (secondary N) is 2. The lowest BCUT2D eigenvalue weighted by Crippen LogP contribution is -2.21. The first-order valence-corrected chi connectivity index (χ1v) is 12.1. The van der Waals surface area contributed by atoms with E-state index in [0.29, 0.717) is 21.0 Å². The van der Waals surface area contributed by atoms with E-state index in [9.17, 15) is 18.0 Å². The Kier molecular flexibility index (Phi) is 6.35. The van der Waals surface area contributed by atoms with Gasteiger partial charge in [0.15, 0.2) is 18.1 Å². The summed E-state index contributed by atoms with van der Waals surface area (Å²) in [5.41, 5.74) is 0.930. The summed E-state index contributed by atoms with van der Waals surface area (Å²) < 4.78 is 43.4. The molecule has 0 bridgehead atoms. The van der Waals surface area contributed by atoms with E-state index in [1.165, 1.54) is 30.3 Å². The van der Waals surface area contributed by atoms with Crippen LogP contribution in [0.5, 0.6) is 11.5 Å². The number of halogens is 1. The highest BCUT2D eigenvalue weighted by molar-refractivity contribution is 9.11. The molecular weight excluding hydrogens is 524 g/mol. The number of sulfonamides is 1. The van der Waals surface area contributed by atoms with Crippen molar-refractivity contribution >= 4 is 60.5 Å². The fourth-order valence-corrected chi connectivity index (χ4v) is 5.78. The largest absolute Gasteiger partial charge is 0.454 e. The highest BCUT2D eigenvalue weighted by Crippen LogP contribution is 2.34. The van der Waals surface area contributed by atoms with Crippen LogP contribution in [0.4, 0.5) is 11.4 Å². The predicted molar refractivity (Wildman–Crippen MR) is 121 cm³/mol. The van der Waals surface area contributed by atoms with Crippen molar-refractivity contribution in [3.8, 4) is 11.5 Å². The summed E-state index contributed by atoms with van der Waals surface area (Å²) in [6.07, 6.45) is 0. The Balaban J connectivity index is 1.30. The molecule has 1 aromatic heterocycles. The first-order valence-electron chi connectivity index (χ1n) is 9.05. The van der Waals surface area contributed by atoms with E-state index in [4.69, 9.17) is 14.2 Å². The van der Waals surface area contributed by atoms with Crippen LogP contribution in [0.15, 0.2) is 62.6 Å². The first kappa shape index (κ1) is 22.1. The summed E-state index contributed by atoms with van der Waals surface area (Å²) >= 11 is 4.30. The predicted octanol–water partition coefficient (Wildman–Crippen LogP) is 3.84. The van der Waals surface area contributed by atoms with E-state index in [1.807, 2.05) is 0 Å². The topological polar surface area (TPSA) is 120 Å². The van der Waals surface area contributed by atoms with Gasteiger partial charge in [-0.2, -0.15) is 0 Å². The fraction of sp³-hybridized carbons (Fsp3) is 0.100. The number of carbonyl (C=O) groups excluding carboxylic acids is 2. The third-order valence-electron chi connectivity index (χ3n) is 4.18. The van der Waals surface area contributed by atoms with Gasteiger partial charge in [0.25, 0.3) is 15.9 Å². The molecule has 1 aliphatic rings. The van der Waals surface area contributed by atoms with Crippen molar-refractivity contribution in [2.24, 2.45) is 0 Å². The van der Waals surface area contributed by atoms with Crippen LogP contribution in [-0.2, 0) is 19.6 Å². The SMILES string of the molecule is O=C(COC(=O)c1ccc(NS(=O)(=O)c2ccc(Br)s2)cc1)Nc1ccc2c(c1)OCO2. The van der Waals surface area contributed by atoms with Crippen LogP contribution in [-0.4, -0.2) is 33.7 Å².